The predicted octanol–water partition coefficient (Wildman–Crippen LogP) is 6.17. The van der Waals surface area contributed by atoms with E-state index in [9.17, 15) is 0 Å². The molecule has 124 valence electrons. The lowest BCUT2D eigenvalue weighted by Gasteiger charge is -2.10. The molecule has 4 heteroatoms. The van der Waals surface area contributed by atoms with Gasteiger partial charge in [-0.05, 0) is 58.7 Å². The summed E-state index contributed by atoms with van der Waals surface area (Å²) in [7, 11) is 0. The summed E-state index contributed by atoms with van der Waals surface area (Å²) in [6.45, 7) is 12.7. The number of rotatable bonds is 5. The molecule has 0 saturated carbocycles. The number of fused-ring (bicyclic) bond motifs is 1. The van der Waals surface area contributed by atoms with E-state index in [0.29, 0.717) is 5.28 Å². The Kier molecular flexibility index (Phi) is 5.64. The molecule has 0 radical (unpaired) electrons. The molecule has 0 aliphatic rings. The number of para-hydroxylation sites is 1. The molecule has 0 aliphatic heterocycles. The fourth-order valence-corrected chi connectivity index (χ4v) is 3.16. The minimum Gasteiger partial charge on any atom is -0.312 e. The molecule has 1 aromatic carbocycles. The first-order valence-corrected chi connectivity index (χ1v) is 8.63. The number of aliphatic imine (C=N–C) groups is 1. The molecule has 1 heterocycles. The summed E-state index contributed by atoms with van der Waals surface area (Å²) in [4.78, 5) is 9.46. The van der Waals surface area contributed by atoms with Crippen LogP contribution in [0.3, 0.4) is 0 Å². The van der Waals surface area contributed by atoms with Crippen LogP contribution in [-0.2, 0) is 0 Å². The quantitative estimate of drug-likeness (QED) is 0.602. The third kappa shape index (κ3) is 3.66. The van der Waals surface area contributed by atoms with Crippen LogP contribution in [0, 0.1) is 0 Å². The molecule has 0 N–H and O–H groups in total. The lowest BCUT2D eigenvalue weighted by Crippen LogP contribution is -2.01. The zero-order chi connectivity index (χ0) is 17.1. The molecule has 2 rings (SSSR count). The van der Waals surface area contributed by atoms with Gasteiger partial charge in [0.25, 0.3) is 0 Å². The molecule has 0 bridgehead atoms. The average molecular weight is 332 g/mol. The third-order valence-electron chi connectivity index (χ3n) is 3.95. The summed E-state index contributed by atoms with van der Waals surface area (Å²) in [6, 6.07) is 6.46. The van der Waals surface area contributed by atoms with Crippen molar-refractivity contribution in [2.24, 2.45) is 4.99 Å². The van der Waals surface area contributed by atoms with Crippen LogP contribution >= 0.6 is 11.6 Å². The summed E-state index contributed by atoms with van der Waals surface area (Å²) in [5.41, 5.74) is 6.47. The van der Waals surface area contributed by atoms with Crippen LogP contribution < -0.4 is 0 Å². The first-order chi connectivity index (χ1) is 10.9. The van der Waals surface area contributed by atoms with Gasteiger partial charge in [0.2, 0.25) is 5.28 Å². The van der Waals surface area contributed by atoms with Crippen LogP contribution in [0.1, 0.15) is 66.0 Å². The molecule has 3 nitrogen and oxygen atoms in total. The Labute approximate surface area is 144 Å². The van der Waals surface area contributed by atoms with Gasteiger partial charge in [0.15, 0.2) is 0 Å². The summed E-state index contributed by atoms with van der Waals surface area (Å²) >= 11 is 6.35. The molecular weight excluding hydrogens is 306 g/mol. The Hall–Kier alpha value is -1.61. The van der Waals surface area contributed by atoms with Gasteiger partial charge in [0.05, 0.1) is 11.0 Å². The molecule has 2 aromatic rings. The van der Waals surface area contributed by atoms with Gasteiger partial charge in [0, 0.05) is 23.0 Å². The number of hydrogen-bond acceptors (Lipinski definition) is 2. The van der Waals surface area contributed by atoms with Crippen LogP contribution in [0.2, 0.25) is 5.28 Å². The topological polar surface area (TPSA) is 30.2 Å². The van der Waals surface area contributed by atoms with E-state index in [1.54, 1.807) is 0 Å². The Morgan fingerprint density at radius 2 is 1.96 bits per heavy atom. The molecule has 0 aliphatic carbocycles. The Balaban J connectivity index is 2.60. The smallest absolute Gasteiger partial charge is 0.204 e. The van der Waals surface area contributed by atoms with Gasteiger partial charge in [-0.3, -0.25) is 4.99 Å². The fourth-order valence-electron chi connectivity index (χ4n) is 2.79. The van der Waals surface area contributed by atoms with Crippen molar-refractivity contribution in [2.75, 3.05) is 0 Å². The standard InChI is InChI=1S/C19H26ClN3/c1-7-9-16(12(2)3)21-14(6)15-10-8-11-17-18(15)22-19(20)23(17)13(4)5/h8,10-11,13H,7,9H2,1-6H3. The van der Waals surface area contributed by atoms with Crippen LogP contribution in [0.5, 0.6) is 0 Å². The van der Waals surface area contributed by atoms with Crippen LogP contribution in [0.25, 0.3) is 11.0 Å². The lowest BCUT2D eigenvalue weighted by molar-refractivity contribution is 0.618. The first-order valence-electron chi connectivity index (χ1n) is 8.25. The largest absolute Gasteiger partial charge is 0.312 e. The van der Waals surface area contributed by atoms with Gasteiger partial charge in [-0.1, -0.05) is 31.1 Å². The van der Waals surface area contributed by atoms with Crippen molar-refractivity contribution in [3.8, 4) is 0 Å². The number of benzene rings is 1. The fraction of sp³-hybridized carbons (Fsp3) is 0.474. The number of halogens is 1. The van der Waals surface area contributed by atoms with E-state index in [2.05, 4.69) is 69.3 Å². The van der Waals surface area contributed by atoms with Gasteiger partial charge in [-0.25, -0.2) is 4.98 Å². The van der Waals surface area contributed by atoms with Gasteiger partial charge >= 0.3 is 0 Å². The van der Waals surface area contributed by atoms with E-state index in [1.807, 2.05) is 0 Å². The van der Waals surface area contributed by atoms with Crippen molar-refractivity contribution < 1.29 is 0 Å². The third-order valence-corrected chi connectivity index (χ3v) is 4.22. The zero-order valence-electron chi connectivity index (χ0n) is 14.9. The number of nitrogens with zero attached hydrogens (tertiary/aromatic N) is 3. The minimum absolute atomic E-state index is 0.272. The number of aromatic nitrogens is 2. The van der Waals surface area contributed by atoms with E-state index < -0.39 is 0 Å². The van der Waals surface area contributed by atoms with E-state index >= 15 is 0 Å². The minimum atomic E-state index is 0.272. The van der Waals surface area contributed by atoms with Crippen LogP contribution in [0.15, 0.2) is 34.5 Å². The van der Waals surface area contributed by atoms with Crippen molar-refractivity contribution in [1.29, 1.82) is 0 Å². The van der Waals surface area contributed by atoms with Gasteiger partial charge < -0.3 is 4.57 Å². The van der Waals surface area contributed by atoms with Crippen molar-refractivity contribution in [3.63, 3.8) is 0 Å². The molecule has 0 atom stereocenters. The SMILES string of the molecule is CCCC(N=C(C)c1cccc2c1nc(Cl)n2C(C)C)=C(C)C. The zero-order valence-corrected chi connectivity index (χ0v) is 15.7. The molecule has 0 fully saturated rings. The molecule has 23 heavy (non-hydrogen) atoms. The summed E-state index contributed by atoms with van der Waals surface area (Å²) in [5, 5.41) is 0.534. The summed E-state index contributed by atoms with van der Waals surface area (Å²) in [5.74, 6) is 0. The number of allylic oxidation sites excluding steroid dienone is 2. The van der Waals surface area contributed by atoms with Crippen LogP contribution in [-0.4, -0.2) is 15.3 Å². The monoisotopic (exact) mass is 331 g/mol. The highest BCUT2D eigenvalue weighted by Crippen LogP contribution is 2.27. The van der Waals surface area contributed by atoms with E-state index in [0.717, 1.165) is 40.8 Å². The second-order valence-electron chi connectivity index (χ2n) is 6.41. The second kappa shape index (κ2) is 7.31. The summed E-state index contributed by atoms with van der Waals surface area (Å²) in [6.07, 6.45) is 2.09. The summed E-state index contributed by atoms with van der Waals surface area (Å²) < 4.78 is 2.06. The molecule has 0 saturated heterocycles. The average Bonchev–Trinajstić information content (AvgIpc) is 2.82. The van der Waals surface area contributed by atoms with Gasteiger partial charge in [-0.15, -0.1) is 0 Å². The maximum absolute atomic E-state index is 6.35. The Morgan fingerprint density at radius 1 is 1.26 bits per heavy atom. The highest BCUT2D eigenvalue weighted by Gasteiger charge is 2.15. The molecule has 0 amide bonds. The van der Waals surface area contributed by atoms with Crippen molar-refractivity contribution in [2.45, 2.75) is 60.4 Å². The molecule has 1 aromatic heterocycles. The highest BCUT2D eigenvalue weighted by atomic mass is 35.5. The van der Waals surface area contributed by atoms with E-state index in [4.69, 9.17) is 16.6 Å². The van der Waals surface area contributed by atoms with Gasteiger partial charge in [0.1, 0.15) is 0 Å². The Morgan fingerprint density at radius 3 is 2.52 bits per heavy atom. The Bertz CT molecular complexity index is 762. The van der Waals surface area contributed by atoms with E-state index in [1.165, 1.54) is 5.57 Å². The normalized spacial score (nSPS) is 12.3. The molecular formula is C19H26ClN3. The molecule has 0 unspecified atom stereocenters. The number of hydrogen-bond donors (Lipinski definition) is 0. The van der Waals surface area contributed by atoms with Crippen LogP contribution in [0.4, 0.5) is 0 Å². The second-order valence-corrected chi connectivity index (χ2v) is 6.75. The van der Waals surface area contributed by atoms with Crippen molar-refractivity contribution in [3.05, 3.63) is 40.3 Å². The van der Waals surface area contributed by atoms with Crippen molar-refractivity contribution >= 4 is 28.3 Å². The highest BCUT2D eigenvalue weighted by molar-refractivity contribution is 6.29. The van der Waals surface area contributed by atoms with Gasteiger partial charge in [-0.2, -0.15) is 0 Å². The maximum atomic E-state index is 6.35. The lowest BCUT2D eigenvalue weighted by atomic mass is 10.1. The first kappa shape index (κ1) is 17.7. The number of imidazole rings is 1. The molecule has 0 spiro atoms. The van der Waals surface area contributed by atoms with E-state index in [-0.39, 0.29) is 6.04 Å². The maximum Gasteiger partial charge on any atom is 0.204 e. The van der Waals surface area contributed by atoms with Crippen molar-refractivity contribution in [1.82, 2.24) is 9.55 Å². The predicted molar refractivity (Wildman–Crippen MR) is 101 cm³/mol.